The van der Waals surface area contributed by atoms with Crippen LogP contribution in [-0.2, 0) is 14.4 Å². The molecule has 0 fully saturated rings. The zero-order valence-electron chi connectivity index (χ0n) is 13.2. The number of hydrogen-bond acceptors (Lipinski definition) is 5. The maximum absolute atomic E-state index is 13.4. The predicted molar refractivity (Wildman–Crippen MR) is 91.2 cm³/mol. The van der Waals surface area contributed by atoms with Crippen LogP contribution >= 0.6 is 11.8 Å². The van der Waals surface area contributed by atoms with Crippen molar-refractivity contribution >= 4 is 34.5 Å². The molecule has 1 atom stereocenters. The molecule has 0 saturated heterocycles. The number of benzene rings is 2. The topological polar surface area (TPSA) is 101 Å². The maximum Gasteiger partial charge on any atom is 0.322 e. The van der Waals surface area contributed by atoms with Gasteiger partial charge in [0.25, 0.3) is 0 Å². The van der Waals surface area contributed by atoms with Gasteiger partial charge < -0.3 is 10.4 Å². The molecular weight excluding hydrogens is 361 g/mol. The van der Waals surface area contributed by atoms with E-state index in [9.17, 15) is 23.6 Å². The van der Waals surface area contributed by atoms with Crippen LogP contribution in [0.15, 0.2) is 47.4 Å². The Labute approximate surface area is 151 Å². The molecule has 2 aromatic rings. The van der Waals surface area contributed by atoms with Crippen LogP contribution < -0.4 is 5.32 Å². The normalized spacial score (nSPS) is 16.1. The van der Waals surface area contributed by atoms with Crippen LogP contribution in [0.3, 0.4) is 0 Å². The molecule has 6 nitrogen and oxygen atoms in total. The summed E-state index contributed by atoms with van der Waals surface area (Å²) in [5.74, 6) is -4.88. The third-order valence-corrected chi connectivity index (χ3v) is 4.78. The summed E-state index contributed by atoms with van der Waals surface area (Å²) in [7, 11) is 0. The van der Waals surface area contributed by atoms with Crippen molar-refractivity contribution in [2.45, 2.75) is 4.90 Å². The average Bonchev–Trinajstić information content (AvgIpc) is 2.59. The van der Waals surface area contributed by atoms with E-state index in [4.69, 9.17) is 5.11 Å². The van der Waals surface area contributed by atoms with Crippen molar-refractivity contribution in [2.24, 2.45) is 5.92 Å². The van der Waals surface area contributed by atoms with Crippen LogP contribution in [0.2, 0.25) is 0 Å². The standard InChI is InChI=1S/C18H12FNO5S/c19-11-3-1-2-9(6-11)10-4-5-12-13(7-10)26-18(25)15(16(12)23)17(24)20-8-14(21)22/h1-7,15H,8H2,(H,20,24)(H,21,22). The summed E-state index contributed by atoms with van der Waals surface area (Å²) in [5, 5.41) is 9.96. The van der Waals surface area contributed by atoms with Gasteiger partial charge in [-0.25, -0.2) is 4.39 Å². The fourth-order valence-corrected chi connectivity index (χ4v) is 3.59. The minimum absolute atomic E-state index is 0.199. The lowest BCUT2D eigenvalue weighted by Gasteiger charge is -2.21. The molecule has 1 heterocycles. The van der Waals surface area contributed by atoms with Gasteiger partial charge in [0.2, 0.25) is 11.0 Å². The van der Waals surface area contributed by atoms with E-state index in [0.717, 1.165) is 11.8 Å². The minimum atomic E-state index is -1.58. The molecule has 0 bridgehead atoms. The van der Waals surface area contributed by atoms with Gasteiger partial charge in [0.15, 0.2) is 11.7 Å². The van der Waals surface area contributed by atoms with Gasteiger partial charge in [-0.1, -0.05) is 18.2 Å². The fraction of sp³-hybridized carbons (Fsp3) is 0.111. The number of thioether (sulfide) groups is 1. The second kappa shape index (κ2) is 7.09. The first-order chi connectivity index (χ1) is 12.4. The molecule has 132 valence electrons. The molecule has 0 saturated carbocycles. The van der Waals surface area contributed by atoms with Gasteiger partial charge in [-0.2, -0.15) is 0 Å². The summed E-state index contributed by atoms with van der Waals surface area (Å²) in [4.78, 5) is 47.6. The van der Waals surface area contributed by atoms with Gasteiger partial charge in [-0.15, -0.1) is 0 Å². The first kappa shape index (κ1) is 17.8. The largest absolute Gasteiger partial charge is 0.480 e. The Morgan fingerprint density at radius 3 is 2.54 bits per heavy atom. The number of amides is 1. The number of rotatable bonds is 4. The minimum Gasteiger partial charge on any atom is -0.480 e. The first-order valence-electron chi connectivity index (χ1n) is 7.52. The number of aliphatic carboxylic acids is 1. The van der Waals surface area contributed by atoms with Gasteiger partial charge >= 0.3 is 5.97 Å². The molecule has 3 rings (SSSR count). The summed E-state index contributed by atoms with van der Waals surface area (Å²) in [6.07, 6.45) is 0. The molecule has 1 unspecified atom stereocenters. The Balaban J connectivity index is 1.90. The molecule has 8 heteroatoms. The van der Waals surface area contributed by atoms with Gasteiger partial charge in [-0.3, -0.25) is 19.2 Å². The van der Waals surface area contributed by atoms with E-state index in [-0.39, 0.29) is 5.56 Å². The van der Waals surface area contributed by atoms with E-state index >= 15 is 0 Å². The lowest BCUT2D eigenvalue weighted by molar-refractivity contribution is -0.139. The molecule has 0 aromatic heterocycles. The quantitative estimate of drug-likeness (QED) is 0.797. The Kier molecular flexibility index (Phi) is 4.85. The van der Waals surface area contributed by atoms with Gasteiger partial charge in [0.1, 0.15) is 12.4 Å². The number of halogens is 1. The molecule has 1 aliphatic rings. The highest BCUT2D eigenvalue weighted by atomic mass is 32.2. The van der Waals surface area contributed by atoms with Crippen molar-refractivity contribution in [3.05, 3.63) is 53.8 Å². The zero-order chi connectivity index (χ0) is 18.8. The van der Waals surface area contributed by atoms with Crippen molar-refractivity contribution in [3.8, 4) is 11.1 Å². The number of carboxylic acids is 1. The molecule has 1 amide bonds. The highest BCUT2D eigenvalue weighted by Gasteiger charge is 2.40. The summed E-state index contributed by atoms with van der Waals surface area (Å²) in [6.45, 7) is -0.675. The van der Waals surface area contributed by atoms with Crippen LogP contribution in [0.4, 0.5) is 4.39 Å². The number of Topliss-reactive ketones (excluding diaryl/α,β-unsaturated/α-hetero) is 1. The fourth-order valence-electron chi connectivity index (χ4n) is 2.58. The van der Waals surface area contributed by atoms with E-state index in [1.165, 1.54) is 18.2 Å². The average molecular weight is 373 g/mol. The monoisotopic (exact) mass is 373 g/mol. The number of ketones is 1. The molecule has 0 aliphatic carbocycles. The number of hydrogen-bond donors (Lipinski definition) is 2. The van der Waals surface area contributed by atoms with E-state index < -0.39 is 41.1 Å². The highest BCUT2D eigenvalue weighted by molar-refractivity contribution is 8.14. The SMILES string of the molecule is O=C(O)CNC(=O)C1C(=O)Sc2cc(-c3cccc(F)c3)ccc2C1=O. The summed E-state index contributed by atoms with van der Waals surface area (Å²) in [5.41, 5.74) is 1.42. The third-order valence-electron chi connectivity index (χ3n) is 3.79. The Morgan fingerprint density at radius 2 is 1.85 bits per heavy atom. The molecule has 0 radical (unpaired) electrons. The van der Waals surface area contributed by atoms with Crippen LogP contribution in [0, 0.1) is 11.7 Å². The maximum atomic E-state index is 13.4. The second-order valence-corrected chi connectivity index (χ2v) is 6.60. The summed E-state index contributed by atoms with van der Waals surface area (Å²) >= 11 is 0.738. The van der Waals surface area contributed by atoms with E-state index in [1.54, 1.807) is 24.3 Å². The summed E-state index contributed by atoms with van der Waals surface area (Å²) in [6, 6.07) is 10.6. The predicted octanol–water partition coefficient (Wildman–Crippen LogP) is 2.12. The molecule has 2 aromatic carbocycles. The zero-order valence-corrected chi connectivity index (χ0v) is 14.0. The molecule has 0 spiro atoms. The number of nitrogens with one attached hydrogen (secondary N) is 1. The van der Waals surface area contributed by atoms with E-state index in [0.29, 0.717) is 16.0 Å². The van der Waals surface area contributed by atoms with Gasteiger partial charge in [0.05, 0.1) is 0 Å². The van der Waals surface area contributed by atoms with Crippen LogP contribution in [0.1, 0.15) is 10.4 Å². The lowest BCUT2D eigenvalue weighted by atomic mass is 9.95. The highest BCUT2D eigenvalue weighted by Crippen LogP contribution is 2.37. The smallest absolute Gasteiger partial charge is 0.322 e. The molecular formula is C18H12FNO5S. The Hall–Kier alpha value is -3.00. The van der Waals surface area contributed by atoms with E-state index in [2.05, 4.69) is 5.32 Å². The number of fused-ring (bicyclic) bond motifs is 1. The molecule has 1 aliphatic heterocycles. The number of carbonyl (C=O) groups excluding carboxylic acids is 3. The third kappa shape index (κ3) is 3.50. The number of carbonyl (C=O) groups is 4. The Morgan fingerprint density at radius 1 is 1.12 bits per heavy atom. The van der Waals surface area contributed by atoms with Crippen molar-refractivity contribution in [1.29, 1.82) is 0 Å². The van der Waals surface area contributed by atoms with Crippen LogP contribution in [0.5, 0.6) is 0 Å². The second-order valence-electron chi connectivity index (χ2n) is 5.55. The van der Waals surface area contributed by atoms with Crippen LogP contribution in [-0.4, -0.2) is 34.4 Å². The molecule has 2 N–H and O–H groups in total. The Bertz CT molecular complexity index is 943. The van der Waals surface area contributed by atoms with Gasteiger partial charge in [-0.05, 0) is 47.2 Å². The van der Waals surface area contributed by atoms with Crippen LogP contribution in [0.25, 0.3) is 11.1 Å². The van der Waals surface area contributed by atoms with E-state index in [1.807, 2.05) is 0 Å². The number of carboxylic acid groups (broad SMARTS) is 1. The van der Waals surface area contributed by atoms with Crippen molar-refractivity contribution in [3.63, 3.8) is 0 Å². The molecule has 26 heavy (non-hydrogen) atoms. The van der Waals surface area contributed by atoms with Crippen molar-refractivity contribution < 1.29 is 28.7 Å². The van der Waals surface area contributed by atoms with Crippen molar-refractivity contribution in [1.82, 2.24) is 5.32 Å². The van der Waals surface area contributed by atoms with Gasteiger partial charge in [0, 0.05) is 10.5 Å². The van der Waals surface area contributed by atoms with Crippen molar-refractivity contribution in [2.75, 3.05) is 6.54 Å². The first-order valence-corrected chi connectivity index (χ1v) is 8.34. The lowest BCUT2D eigenvalue weighted by Crippen LogP contribution is -2.42. The summed E-state index contributed by atoms with van der Waals surface area (Å²) < 4.78 is 13.4.